The van der Waals surface area contributed by atoms with E-state index in [-0.39, 0.29) is 11.0 Å². The zero-order chi connectivity index (χ0) is 36.0. The first-order valence-electron chi connectivity index (χ1n) is 17.6. The number of nitrogens with zero attached hydrogens (tertiary/aromatic N) is 3. The van der Waals surface area contributed by atoms with Gasteiger partial charge in [-0.05, 0) is 113 Å². The van der Waals surface area contributed by atoms with Crippen molar-refractivity contribution in [3.8, 4) is 39.0 Å². The van der Waals surface area contributed by atoms with Crippen LogP contribution in [0.2, 0.25) is 0 Å². The lowest BCUT2D eigenvalue weighted by molar-refractivity contribution is -0.132. The summed E-state index contributed by atoms with van der Waals surface area (Å²) in [4.78, 5) is 15.5. The molecule has 0 fully saturated rings. The lowest BCUT2D eigenvalue weighted by Crippen LogP contribution is -2.23. The van der Waals surface area contributed by atoms with Crippen LogP contribution in [0.4, 0.5) is 17.1 Å². The minimum Gasteiger partial charge on any atom is -0.477 e. The lowest BCUT2D eigenvalue weighted by Gasteiger charge is -2.32. The third kappa shape index (κ3) is 5.33. The van der Waals surface area contributed by atoms with Crippen LogP contribution in [0, 0.1) is 11.3 Å². The lowest BCUT2D eigenvalue weighted by atomic mass is 9.73. The van der Waals surface area contributed by atoms with Gasteiger partial charge in [-0.3, -0.25) is 0 Å². The van der Waals surface area contributed by atoms with E-state index in [0.29, 0.717) is 0 Å². The number of carboxylic acids is 1. The van der Waals surface area contributed by atoms with Crippen molar-refractivity contribution >= 4 is 51.2 Å². The van der Waals surface area contributed by atoms with Gasteiger partial charge in [-0.1, -0.05) is 86.6 Å². The summed E-state index contributed by atoms with van der Waals surface area (Å²) in [6, 6.07) is 49.6. The molecule has 0 spiro atoms. The predicted molar refractivity (Wildman–Crippen MR) is 214 cm³/mol. The Hall–Kier alpha value is -6.16. The summed E-state index contributed by atoms with van der Waals surface area (Å²) in [5.74, 6) is -1.22. The molecule has 0 unspecified atom stereocenters. The highest BCUT2D eigenvalue weighted by Crippen LogP contribution is 2.55. The molecule has 1 aliphatic rings. The van der Waals surface area contributed by atoms with Gasteiger partial charge < -0.3 is 14.6 Å². The summed E-state index contributed by atoms with van der Waals surface area (Å²) in [5, 5.41) is 20.9. The van der Waals surface area contributed by atoms with Gasteiger partial charge in [0.15, 0.2) is 0 Å². The summed E-state index contributed by atoms with van der Waals surface area (Å²) < 4.78 is 2.20. The van der Waals surface area contributed by atoms with Crippen molar-refractivity contribution in [2.45, 2.75) is 32.1 Å². The van der Waals surface area contributed by atoms with Gasteiger partial charge in [0.05, 0.1) is 16.3 Å². The molecule has 0 amide bonds. The van der Waals surface area contributed by atoms with E-state index in [1.165, 1.54) is 50.4 Å². The van der Waals surface area contributed by atoms with Crippen molar-refractivity contribution < 1.29 is 9.90 Å². The topological polar surface area (TPSA) is 69.3 Å². The maximum atomic E-state index is 11.4. The Labute approximate surface area is 308 Å². The fourth-order valence-corrected chi connectivity index (χ4v) is 9.11. The molecule has 8 rings (SSSR count). The third-order valence-corrected chi connectivity index (χ3v) is 11.8. The first kappa shape index (κ1) is 33.0. The highest BCUT2D eigenvalue weighted by atomic mass is 32.1. The molecule has 52 heavy (non-hydrogen) atoms. The maximum Gasteiger partial charge on any atom is 0.346 e. The van der Waals surface area contributed by atoms with Crippen LogP contribution in [0.1, 0.15) is 42.7 Å². The Bertz CT molecular complexity index is 2560. The number of rotatable bonds is 9. The zero-order valence-corrected chi connectivity index (χ0v) is 30.1. The highest BCUT2D eigenvalue weighted by molar-refractivity contribution is 7.16. The van der Waals surface area contributed by atoms with E-state index < -0.39 is 5.97 Å². The summed E-state index contributed by atoms with van der Waals surface area (Å²) in [6.45, 7) is 4.62. The Morgan fingerprint density at radius 3 is 2.23 bits per heavy atom. The first-order chi connectivity index (χ1) is 25.4. The molecule has 5 nitrogen and oxygen atoms in total. The second-order valence-electron chi connectivity index (χ2n) is 13.3. The fourth-order valence-electron chi connectivity index (χ4n) is 8.10. The van der Waals surface area contributed by atoms with E-state index in [9.17, 15) is 15.2 Å². The molecule has 0 saturated heterocycles. The zero-order valence-electron chi connectivity index (χ0n) is 29.3. The molecular formula is C46H37N3O2S. The Balaban J connectivity index is 1.21. The smallest absolute Gasteiger partial charge is 0.346 e. The number of benzene rings is 5. The Morgan fingerprint density at radius 1 is 0.788 bits per heavy atom. The van der Waals surface area contributed by atoms with Crippen molar-refractivity contribution in [2.75, 3.05) is 4.90 Å². The van der Waals surface area contributed by atoms with Gasteiger partial charge in [0.25, 0.3) is 0 Å². The molecular weight excluding hydrogens is 659 g/mol. The molecule has 254 valence electrons. The molecule has 0 atom stereocenters. The van der Waals surface area contributed by atoms with Crippen LogP contribution in [0.5, 0.6) is 0 Å². The van der Waals surface area contributed by atoms with Crippen LogP contribution < -0.4 is 4.90 Å². The predicted octanol–water partition coefficient (Wildman–Crippen LogP) is 12.1. The minimum atomic E-state index is -1.22. The molecule has 5 aromatic carbocycles. The molecule has 6 heteroatoms. The molecule has 0 saturated carbocycles. The molecule has 0 radical (unpaired) electrons. The van der Waals surface area contributed by atoms with Crippen LogP contribution >= 0.6 is 11.3 Å². The average molecular weight is 696 g/mol. The van der Waals surface area contributed by atoms with Gasteiger partial charge in [0, 0.05) is 39.8 Å². The largest absolute Gasteiger partial charge is 0.477 e. The van der Waals surface area contributed by atoms with E-state index in [1.807, 2.05) is 12.1 Å². The molecule has 2 aromatic heterocycles. The Morgan fingerprint density at radius 2 is 1.48 bits per heavy atom. The average Bonchev–Trinajstić information content (AvgIpc) is 3.88. The van der Waals surface area contributed by atoms with Crippen LogP contribution in [-0.2, 0) is 17.3 Å². The number of hydrogen-bond donors (Lipinski definition) is 1. The van der Waals surface area contributed by atoms with E-state index in [2.05, 4.69) is 152 Å². The number of aliphatic carboxylic acids is 1. The number of fused-ring (bicyclic) bond motifs is 4. The molecule has 0 bridgehead atoms. The number of para-hydroxylation sites is 1. The molecule has 2 heterocycles. The third-order valence-electron chi connectivity index (χ3n) is 10.8. The molecule has 1 aliphatic carbocycles. The Kier molecular flexibility index (Phi) is 8.37. The summed E-state index contributed by atoms with van der Waals surface area (Å²) in [6.07, 6.45) is 3.38. The number of nitriles is 1. The fraction of sp³-hybridized carbons (Fsp3) is 0.130. The number of hydrogen-bond acceptors (Lipinski definition) is 4. The normalized spacial score (nSPS) is 13.1. The SMILES string of the molecule is CCC1(CC)c2cc(-c3ccc(-c4ccc(/C=C(\C#N)C(=O)O)s4)n3C)ccc2-c2ccc(N(c3ccccc3)c3cccc4ccccc34)cc21. The summed E-state index contributed by atoms with van der Waals surface area (Å²) in [7, 11) is 2.07. The van der Waals surface area contributed by atoms with Crippen molar-refractivity contribution in [2.24, 2.45) is 7.05 Å². The van der Waals surface area contributed by atoms with Gasteiger partial charge in [0.2, 0.25) is 0 Å². The van der Waals surface area contributed by atoms with E-state index in [4.69, 9.17) is 0 Å². The number of carboxylic acid groups (broad SMARTS) is 1. The van der Waals surface area contributed by atoms with Crippen LogP contribution in [0.3, 0.4) is 0 Å². The quantitative estimate of drug-likeness (QED) is 0.121. The number of thiophene rings is 1. The van der Waals surface area contributed by atoms with Gasteiger partial charge in [-0.25, -0.2) is 4.79 Å². The number of aromatic nitrogens is 1. The second kappa shape index (κ2) is 13.2. The van der Waals surface area contributed by atoms with E-state index >= 15 is 0 Å². The van der Waals surface area contributed by atoms with Crippen molar-refractivity contribution in [3.63, 3.8) is 0 Å². The summed E-state index contributed by atoms with van der Waals surface area (Å²) >= 11 is 1.47. The van der Waals surface area contributed by atoms with Crippen LogP contribution in [0.25, 0.3) is 49.8 Å². The van der Waals surface area contributed by atoms with Gasteiger partial charge in [-0.2, -0.15) is 5.26 Å². The summed E-state index contributed by atoms with van der Waals surface area (Å²) in [5.41, 5.74) is 11.6. The van der Waals surface area contributed by atoms with Crippen LogP contribution in [-0.4, -0.2) is 15.6 Å². The van der Waals surface area contributed by atoms with Crippen LogP contribution in [0.15, 0.2) is 139 Å². The van der Waals surface area contributed by atoms with Crippen molar-refractivity contribution in [1.82, 2.24) is 4.57 Å². The highest BCUT2D eigenvalue weighted by Gasteiger charge is 2.41. The van der Waals surface area contributed by atoms with E-state index in [0.717, 1.165) is 56.6 Å². The molecule has 1 N–H and O–H groups in total. The second-order valence-corrected chi connectivity index (χ2v) is 14.4. The number of carbonyl (C=O) groups is 1. The van der Waals surface area contributed by atoms with Crippen molar-refractivity contribution in [1.29, 1.82) is 5.26 Å². The van der Waals surface area contributed by atoms with E-state index in [1.54, 1.807) is 6.07 Å². The molecule has 7 aromatic rings. The van der Waals surface area contributed by atoms with Crippen molar-refractivity contribution in [3.05, 3.63) is 155 Å². The maximum absolute atomic E-state index is 11.4. The first-order valence-corrected chi connectivity index (χ1v) is 18.4. The minimum absolute atomic E-state index is 0.149. The van der Waals surface area contributed by atoms with Gasteiger partial charge >= 0.3 is 5.97 Å². The standard InChI is InChI=1S/C46H37N3O2S/c1-4-46(5-2)39-27-31(41-23-24-43(48(41)3)44-25-20-35(52-44)26-32(29-47)45(50)51)18-21-37(39)38-22-19-34(28-40(38)46)49(33-14-7-6-8-15-33)42-17-11-13-30-12-9-10-16-36(30)42/h6-28H,4-5H2,1-3H3,(H,50,51)/b32-26+. The van der Waals surface area contributed by atoms with Gasteiger partial charge in [-0.15, -0.1) is 11.3 Å². The monoisotopic (exact) mass is 695 g/mol. The van der Waals surface area contributed by atoms with Gasteiger partial charge in [0.1, 0.15) is 11.6 Å². The number of anilines is 3. The molecule has 0 aliphatic heterocycles.